The van der Waals surface area contributed by atoms with Crippen LogP contribution < -0.4 is 4.90 Å². The van der Waals surface area contributed by atoms with Gasteiger partial charge in [-0.15, -0.1) is 0 Å². The number of nitrogens with zero attached hydrogens (tertiary/aromatic N) is 2. The second-order valence-corrected chi connectivity index (χ2v) is 10.5. The van der Waals surface area contributed by atoms with E-state index in [0.717, 1.165) is 69.4 Å². The summed E-state index contributed by atoms with van der Waals surface area (Å²) in [7, 11) is 0. The van der Waals surface area contributed by atoms with Crippen LogP contribution in [0.5, 0.6) is 0 Å². The molecule has 194 valence electrons. The van der Waals surface area contributed by atoms with Crippen LogP contribution in [0.4, 0.5) is 14.9 Å². The first-order valence-electron chi connectivity index (χ1n) is 13.7. The van der Waals surface area contributed by atoms with Gasteiger partial charge in [-0.2, -0.15) is 0 Å². The molecule has 3 aromatic rings. The zero-order chi connectivity index (χ0) is 25.8. The normalized spacial score (nSPS) is 17.4. The molecule has 2 heterocycles. The summed E-state index contributed by atoms with van der Waals surface area (Å²) in [5.74, 6) is -0.151. The highest BCUT2D eigenvalue weighted by molar-refractivity contribution is 5.90. The number of ether oxygens (including phenoxy) is 1. The van der Waals surface area contributed by atoms with Crippen molar-refractivity contribution in [1.29, 1.82) is 0 Å². The summed E-state index contributed by atoms with van der Waals surface area (Å²) in [5.41, 5.74) is 6.06. The van der Waals surface area contributed by atoms with Crippen molar-refractivity contribution in [3.05, 3.63) is 89.2 Å². The number of carbonyl (C=O) groups is 1. The highest BCUT2D eigenvalue weighted by Gasteiger charge is 2.47. The molecule has 4 nitrogen and oxygen atoms in total. The molecular weight excluding hydrogens is 463 g/mol. The Kier molecular flexibility index (Phi) is 7.61. The van der Waals surface area contributed by atoms with E-state index in [1.807, 2.05) is 42.5 Å². The molecular formula is C32H37FN2O2. The molecule has 2 fully saturated rings. The summed E-state index contributed by atoms with van der Waals surface area (Å²) >= 11 is 0. The Balaban J connectivity index is 1.33. The lowest BCUT2D eigenvalue weighted by molar-refractivity contribution is -0.000981. The summed E-state index contributed by atoms with van der Waals surface area (Å²) in [4.78, 5) is 16.9. The first-order chi connectivity index (χ1) is 18.0. The van der Waals surface area contributed by atoms with Crippen molar-refractivity contribution in [3.8, 4) is 11.1 Å². The first-order valence-corrected chi connectivity index (χ1v) is 13.7. The molecule has 1 spiro atoms. The predicted molar refractivity (Wildman–Crippen MR) is 147 cm³/mol. The number of piperidine rings is 1. The van der Waals surface area contributed by atoms with Gasteiger partial charge in [-0.25, -0.2) is 9.18 Å². The third kappa shape index (κ3) is 5.42. The van der Waals surface area contributed by atoms with E-state index in [1.165, 1.54) is 16.7 Å². The maximum Gasteiger partial charge on any atom is 0.415 e. The highest BCUT2D eigenvalue weighted by Crippen LogP contribution is 2.37. The van der Waals surface area contributed by atoms with E-state index in [0.29, 0.717) is 12.1 Å². The summed E-state index contributed by atoms with van der Waals surface area (Å²) in [6, 6.07) is 21.5. The van der Waals surface area contributed by atoms with Gasteiger partial charge in [0.15, 0.2) is 0 Å². The van der Waals surface area contributed by atoms with Gasteiger partial charge in [-0.05, 0) is 53.3 Å². The van der Waals surface area contributed by atoms with Gasteiger partial charge in [0.1, 0.15) is 11.4 Å². The van der Waals surface area contributed by atoms with E-state index < -0.39 is 5.60 Å². The number of anilines is 1. The fourth-order valence-corrected chi connectivity index (χ4v) is 5.94. The standard InChI is InChI=1S/C32H37FN2O2/c1-3-10-25-20-24(21-26(11-4-2)30(25)28-14-8-9-15-29(28)33)22-34-18-16-32(17-19-34)23-35(31(36)37-32)27-12-6-5-7-13-27/h5-9,12-15,20-21H,3-4,10-11,16-19,22-23H2,1-2H3. The molecule has 0 saturated carbocycles. The van der Waals surface area contributed by atoms with Gasteiger partial charge in [-0.1, -0.05) is 75.2 Å². The van der Waals surface area contributed by atoms with Gasteiger partial charge < -0.3 is 4.74 Å². The zero-order valence-electron chi connectivity index (χ0n) is 22.0. The van der Waals surface area contributed by atoms with E-state index in [4.69, 9.17) is 4.74 Å². The molecule has 0 radical (unpaired) electrons. The van der Waals surface area contributed by atoms with Crippen molar-refractivity contribution in [1.82, 2.24) is 4.90 Å². The lowest BCUT2D eigenvalue weighted by atomic mass is 9.87. The number of carbonyl (C=O) groups excluding carboxylic acids is 1. The number of benzene rings is 3. The summed E-state index contributed by atoms with van der Waals surface area (Å²) < 4.78 is 20.8. The van der Waals surface area contributed by atoms with Crippen LogP contribution in [0.15, 0.2) is 66.7 Å². The average Bonchev–Trinajstić information content (AvgIpc) is 3.23. The number of rotatable bonds is 8. The van der Waals surface area contributed by atoms with Crippen LogP contribution in [-0.2, 0) is 24.1 Å². The Hall–Kier alpha value is -3.18. The van der Waals surface area contributed by atoms with Crippen LogP contribution >= 0.6 is 0 Å². The minimum atomic E-state index is -0.404. The number of halogens is 1. The van der Waals surface area contributed by atoms with Gasteiger partial charge in [0.05, 0.1) is 6.54 Å². The lowest BCUT2D eigenvalue weighted by Gasteiger charge is -2.37. The molecule has 2 aliphatic rings. The van der Waals surface area contributed by atoms with Crippen LogP contribution in [-0.4, -0.2) is 36.2 Å². The molecule has 0 unspecified atom stereocenters. The molecule has 0 aromatic heterocycles. The Morgan fingerprint density at radius 1 is 0.892 bits per heavy atom. The molecule has 5 rings (SSSR count). The van der Waals surface area contributed by atoms with Gasteiger partial charge in [0, 0.05) is 43.7 Å². The Bertz CT molecular complexity index is 1210. The maximum absolute atomic E-state index is 14.9. The third-order valence-corrected chi connectivity index (χ3v) is 7.76. The molecule has 0 aliphatic carbocycles. The summed E-state index contributed by atoms with van der Waals surface area (Å²) in [6.45, 7) is 7.61. The first kappa shape index (κ1) is 25.5. The fourth-order valence-electron chi connectivity index (χ4n) is 5.94. The van der Waals surface area contributed by atoms with E-state index >= 15 is 0 Å². The monoisotopic (exact) mass is 500 g/mol. The van der Waals surface area contributed by atoms with Gasteiger partial charge >= 0.3 is 6.09 Å². The van der Waals surface area contributed by atoms with Crippen molar-refractivity contribution in [3.63, 3.8) is 0 Å². The topological polar surface area (TPSA) is 32.8 Å². The Labute approximate surface area is 220 Å². The maximum atomic E-state index is 14.9. The van der Waals surface area contributed by atoms with Crippen molar-refractivity contribution in [2.45, 2.75) is 64.5 Å². The van der Waals surface area contributed by atoms with E-state index in [-0.39, 0.29) is 11.9 Å². The molecule has 0 N–H and O–H groups in total. The van der Waals surface area contributed by atoms with Crippen molar-refractivity contribution in [2.24, 2.45) is 0 Å². The van der Waals surface area contributed by atoms with Crippen LogP contribution in [0.2, 0.25) is 0 Å². The molecule has 2 saturated heterocycles. The molecule has 0 atom stereocenters. The van der Waals surface area contributed by atoms with Gasteiger partial charge in [0.25, 0.3) is 0 Å². The van der Waals surface area contributed by atoms with Crippen molar-refractivity contribution in [2.75, 3.05) is 24.5 Å². The quantitative estimate of drug-likeness (QED) is 0.323. The average molecular weight is 501 g/mol. The molecule has 37 heavy (non-hydrogen) atoms. The number of para-hydroxylation sites is 1. The highest BCUT2D eigenvalue weighted by atomic mass is 19.1. The third-order valence-electron chi connectivity index (χ3n) is 7.76. The minimum absolute atomic E-state index is 0.151. The smallest absolute Gasteiger partial charge is 0.415 e. The second kappa shape index (κ2) is 11.1. The Morgan fingerprint density at radius 3 is 2.14 bits per heavy atom. The van der Waals surface area contributed by atoms with Crippen LogP contribution in [0.1, 0.15) is 56.2 Å². The van der Waals surface area contributed by atoms with Gasteiger partial charge in [-0.3, -0.25) is 9.80 Å². The molecule has 1 amide bonds. The number of aryl methyl sites for hydroxylation is 2. The van der Waals surface area contributed by atoms with E-state index in [2.05, 4.69) is 30.9 Å². The number of hydrogen-bond acceptors (Lipinski definition) is 3. The van der Waals surface area contributed by atoms with Crippen LogP contribution in [0, 0.1) is 5.82 Å². The number of amides is 1. The summed E-state index contributed by atoms with van der Waals surface area (Å²) in [6.07, 6.45) is 5.33. The number of likely N-dealkylation sites (tertiary alicyclic amines) is 1. The lowest BCUT2D eigenvalue weighted by Crippen LogP contribution is -2.46. The Morgan fingerprint density at radius 2 is 1.51 bits per heavy atom. The van der Waals surface area contributed by atoms with Gasteiger partial charge in [0.2, 0.25) is 0 Å². The van der Waals surface area contributed by atoms with E-state index in [9.17, 15) is 9.18 Å². The SMILES string of the molecule is CCCc1cc(CN2CCC3(CC2)CN(c2ccccc2)C(=O)O3)cc(CCC)c1-c1ccccc1F. The summed E-state index contributed by atoms with van der Waals surface area (Å²) in [5, 5.41) is 0. The number of hydrogen-bond donors (Lipinski definition) is 0. The molecule has 0 bridgehead atoms. The van der Waals surface area contributed by atoms with Crippen molar-refractivity contribution < 1.29 is 13.9 Å². The van der Waals surface area contributed by atoms with Crippen molar-refractivity contribution >= 4 is 11.8 Å². The molecule has 2 aliphatic heterocycles. The second-order valence-electron chi connectivity index (χ2n) is 10.5. The largest absolute Gasteiger partial charge is 0.441 e. The molecule has 5 heteroatoms. The fraction of sp³-hybridized carbons (Fsp3) is 0.406. The molecule has 3 aromatic carbocycles. The predicted octanol–water partition coefficient (Wildman–Crippen LogP) is 7.39. The van der Waals surface area contributed by atoms with Crippen LogP contribution in [0.3, 0.4) is 0 Å². The van der Waals surface area contributed by atoms with E-state index in [1.54, 1.807) is 17.0 Å². The zero-order valence-corrected chi connectivity index (χ0v) is 22.0. The van der Waals surface area contributed by atoms with Crippen LogP contribution in [0.25, 0.3) is 11.1 Å². The minimum Gasteiger partial charge on any atom is -0.441 e.